The molecule has 0 atom stereocenters. The van der Waals surface area contributed by atoms with E-state index in [4.69, 9.17) is 0 Å². The van der Waals surface area contributed by atoms with Crippen molar-refractivity contribution in [2.24, 2.45) is 5.92 Å². The quantitative estimate of drug-likeness (QED) is 0.842. The first-order valence-corrected chi connectivity index (χ1v) is 7.64. The van der Waals surface area contributed by atoms with Gasteiger partial charge in [-0.3, -0.25) is 0 Å². The van der Waals surface area contributed by atoms with Gasteiger partial charge in [-0.2, -0.15) is 0 Å². The zero-order chi connectivity index (χ0) is 13.1. The molecule has 2 nitrogen and oxygen atoms in total. The molecule has 0 unspecified atom stereocenters. The van der Waals surface area contributed by atoms with Gasteiger partial charge in [-0.25, -0.2) is 0 Å². The lowest BCUT2D eigenvalue weighted by Gasteiger charge is -2.28. The number of aromatic amines is 1. The molecule has 0 radical (unpaired) electrons. The molecule has 1 aliphatic carbocycles. The van der Waals surface area contributed by atoms with Crippen molar-refractivity contribution < 1.29 is 0 Å². The Bertz CT molecular complexity index is 521. The highest BCUT2D eigenvalue weighted by Gasteiger charge is 2.19. The van der Waals surface area contributed by atoms with Crippen LogP contribution >= 0.6 is 0 Å². The molecule has 19 heavy (non-hydrogen) atoms. The van der Waals surface area contributed by atoms with Gasteiger partial charge in [0.25, 0.3) is 0 Å². The fraction of sp³-hybridized carbons (Fsp3) is 0.529. The SMILES string of the molecule is CCC1CCC(NCc2ccc3cc[nH]c3c2)CC1. The molecule has 1 heterocycles. The van der Waals surface area contributed by atoms with Crippen molar-refractivity contribution in [3.05, 3.63) is 36.0 Å². The van der Waals surface area contributed by atoms with Gasteiger partial charge in [-0.1, -0.05) is 25.5 Å². The summed E-state index contributed by atoms with van der Waals surface area (Å²) in [6.45, 7) is 3.32. The van der Waals surface area contributed by atoms with Crippen LogP contribution in [-0.4, -0.2) is 11.0 Å². The summed E-state index contributed by atoms with van der Waals surface area (Å²) in [4.78, 5) is 3.28. The first kappa shape index (κ1) is 12.7. The number of hydrogen-bond acceptors (Lipinski definition) is 1. The molecule has 0 aliphatic heterocycles. The number of aromatic nitrogens is 1. The highest BCUT2D eigenvalue weighted by Crippen LogP contribution is 2.26. The Labute approximate surface area is 115 Å². The smallest absolute Gasteiger partial charge is 0.0457 e. The maximum absolute atomic E-state index is 3.73. The van der Waals surface area contributed by atoms with E-state index in [1.165, 1.54) is 48.6 Å². The van der Waals surface area contributed by atoms with E-state index in [0.717, 1.165) is 18.5 Å². The van der Waals surface area contributed by atoms with Crippen molar-refractivity contribution in [3.63, 3.8) is 0 Å². The second-order valence-corrected chi connectivity index (χ2v) is 5.91. The second-order valence-electron chi connectivity index (χ2n) is 5.91. The van der Waals surface area contributed by atoms with Gasteiger partial charge < -0.3 is 10.3 Å². The van der Waals surface area contributed by atoms with E-state index in [0.29, 0.717) is 0 Å². The minimum atomic E-state index is 0.724. The van der Waals surface area contributed by atoms with Crippen LogP contribution in [0.1, 0.15) is 44.6 Å². The molecule has 0 spiro atoms. The van der Waals surface area contributed by atoms with Crippen LogP contribution in [0.2, 0.25) is 0 Å². The average molecular weight is 256 g/mol. The molecule has 2 heteroatoms. The Morgan fingerprint density at radius 3 is 2.79 bits per heavy atom. The second kappa shape index (κ2) is 5.79. The number of rotatable bonds is 4. The molecule has 3 rings (SSSR count). The third kappa shape index (κ3) is 3.01. The van der Waals surface area contributed by atoms with Crippen LogP contribution < -0.4 is 5.32 Å². The standard InChI is InChI=1S/C17H24N2/c1-2-13-4-7-16(8-5-13)19-12-14-3-6-15-9-10-18-17(15)11-14/h3,6,9-11,13,16,18-19H,2,4-5,7-8,12H2,1H3. The van der Waals surface area contributed by atoms with Gasteiger partial charge in [0.2, 0.25) is 0 Å². The molecule has 0 amide bonds. The predicted octanol–water partition coefficient (Wildman–Crippen LogP) is 4.23. The van der Waals surface area contributed by atoms with E-state index in [1.807, 2.05) is 6.20 Å². The molecule has 1 saturated carbocycles. The van der Waals surface area contributed by atoms with Crippen molar-refractivity contribution in [1.82, 2.24) is 10.3 Å². The molecule has 1 aliphatic rings. The van der Waals surface area contributed by atoms with Gasteiger partial charge in [-0.15, -0.1) is 0 Å². The van der Waals surface area contributed by atoms with Gasteiger partial charge in [0.1, 0.15) is 0 Å². The van der Waals surface area contributed by atoms with Crippen molar-refractivity contribution in [3.8, 4) is 0 Å². The molecule has 0 saturated heterocycles. The Kier molecular flexibility index (Phi) is 3.88. The Hall–Kier alpha value is -1.28. The zero-order valence-corrected chi connectivity index (χ0v) is 11.8. The predicted molar refractivity (Wildman–Crippen MR) is 81.2 cm³/mol. The highest BCUT2D eigenvalue weighted by molar-refractivity contribution is 5.79. The maximum Gasteiger partial charge on any atom is 0.0457 e. The van der Waals surface area contributed by atoms with Crippen LogP contribution in [0.5, 0.6) is 0 Å². The van der Waals surface area contributed by atoms with Crippen LogP contribution in [-0.2, 0) is 6.54 Å². The van der Waals surface area contributed by atoms with E-state index >= 15 is 0 Å². The lowest BCUT2D eigenvalue weighted by atomic mass is 9.84. The molecule has 1 aromatic heterocycles. The number of fused-ring (bicyclic) bond motifs is 1. The molecule has 1 fully saturated rings. The average Bonchev–Trinajstić information content (AvgIpc) is 2.93. The fourth-order valence-electron chi connectivity index (χ4n) is 3.24. The van der Waals surface area contributed by atoms with E-state index in [1.54, 1.807) is 0 Å². The number of H-pyrrole nitrogens is 1. The number of benzene rings is 1. The van der Waals surface area contributed by atoms with E-state index in [9.17, 15) is 0 Å². The van der Waals surface area contributed by atoms with E-state index < -0.39 is 0 Å². The highest BCUT2D eigenvalue weighted by atomic mass is 14.9. The first-order valence-electron chi connectivity index (χ1n) is 7.64. The van der Waals surface area contributed by atoms with Crippen LogP contribution in [0.4, 0.5) is 0 Å². The largest absolute Gasteiger partial charge is 0.361 e. The van der Waals surface area contributed by atoms with Gasteiger partial charge in [-0.05, 0) is 54.7 Å². The van der Waals surface area contributed by atoms with Crippen LogP contribution in [0.25, 0.3) is 10.9 Å². The third-order valence-corrected chi connectivity index (χ3v) is 4.64. The lowest BCUT2D eigenvalue weighted by Crippen LogP contribution is -2.32. The summed E-state index contributed by atoms with van der Waals surface area (Å²) in [5.41, 5.74) is 2.63. The summed E-state index contributed by atoms with van der Waals surface area (Å²) in [6, 6.07) is 9.55. The number of nitrogens with one attached hydrogen (secondary N) is 2. The van der Waals surface area contributed by atoms with Crippen LogP contribution in [0, 0.1) is 5.92 Å². The van der Waals surface area contributed by atoms with Crippen molar-refractivity contribution in [1.29, 1.82) is 0 Å². The van der Waals surface area contributed by atoms with Gasteiger partial charge in [0.15, 0.2) is 0 Å². The van der Waals surface area contributed by atoms with Crippen LogP contribution in [0.3, 0.4) is 0 Å². The summed E-state index contributed by atoms with van der Waals surface area (Å²) < 4.78 is 0. The van der Waals surface area contributed by atoms with Crippen molar-refractivity contribution >= 4 is 10.9 Å². The molecule has 0 bridgehead atoms. The van der Waals surface area contributed by atoms with E-state index in [2.05, 4.69) is 41.5 Å². The van der Waals surface area contributed by atoms with Gasteiger partial charge in [0.05, 0.1) is 0 Å². The Morgan fingerprint density at radius 1 is 1.16 bits per heavy atom. The lowest BCUT2D eigenvalue weighted by molar-refractivity contribution is 0.285. The molecule has 1 aromatic carbocycles. The Morgan fingerprint density at radius 2 is 2.00 bits per heavy atom. The topological polar surface area (TPSA) is 27.8 Å². The summed E-state index contributed by atoms with van der Waals surface area (Å²) in [6.07, 6.45) is 8.88. The Balaban J connectivity index is 1.54. The molecular formula is C17H24N2. The fourth-order valence-corrected chi connectivity index (χ4v) is 3.24. The van der Waals surface area contributed by atoms with Gasteiger partial charge in [0, 0.05) is 24.3 Å². The molecule has 2 N–H and O–H groups in total. The third-order valence-electron chi connectivity index (χ3n) is 4.64. The molecule has 102 valence electrons. The monoisotopic (exact) mass is 256 g/mol. The zero-order valence-electron chi connectivity index (χ0n) is 11.8. The van der Waals surface area contributed by atoms with Gasteiger partial charge >= 0.3 is 0 Å². The van der Waals surface area contributed by atoms with Crippen molar-refractivity contribution in [2.75, 3.05) is 0 Å². The van der Waals surface area contributed by atoms with E-state index in [-0.39, 0.29) is 0 Å². The van der Waals surface area contributed by atoms with Crippen LogP contribution in [0.15, 0.2) is 30.5 Å². The summed E-state index contributed by atoms with van der Waals surface area (Å²) in [5.74, 6) is 0.980. The summed E-state index contributed by atoms with van der Waals surface area (Å²) in [5, 5.41) is 5.02. The maximum atomic E-state index is 3.73. The first-order chi connectivity index (χ1) is 9.35. The summed E-state index contributed by atoms with van der Waals surface area (Å²) >= 11 is 0. The minimum absolute atomic E-state index is 0.724. The normalized spacial score (nSPS) is 23.8. The minimum Gasteiger partial charge on any atom is -0.361 e. The molecule has 2 aromatic rings. The van der Waals surface area contributed by atoms with Crippen molar-refractivity contribution in [2.45, 2.75) is 51.6 Å². The molecular weight excluding hydrogens is 232 g/mol. The summed E-state index contributed by atoms with van der Waals surface area (Å²) in [7, 11) is 0. The number of hydrogen-bond donors (Lipinski definition) is 2.